The molecule has 9 heteroatoms. The van der Waals surface area contributed by atoms with Crippen LogP contribution in [-0.4, -0.2) is 40.9 Å². The van der Waals surface area contributed by atoms with E-state index in [1.165, 1.54) is 18.2 Å². The molecule has 3 rings (SSSR count). The van der Waals surface area contributed by atoms with Crippen LogP contribution in [0, 0.1) is 10.1 Å². The van der Waals surface area contributed by atoms with Gasteiger partial charge in [0.1, 0.15) is 0 Å². The number of nitro benzene ring substituents is 1. The molecule has 0 saturated heterocycles. The van der Waals surface area contributed by atoms with Gasteiger partial charge in [-0.3, -0.25) is 29.3 Å². The molecule has 1 aliphatic heterocycles. The van der Waals surface area contributed by atoms with Gasteiger partial charge in [0.15, 0.2) is 0 Å². The summed E-state index contributed by atoms with van der Waals surface area (Å²) in [4.78, 5) is 51.5. The Morgan fingerprint density at radius 1 is 1.11 bits per heavy atom. The van der Waals surface area contributed by atoms with E-state index in [1.807, 2.05) is 0 Å². The van der Waals surface area contributed by atoms with Crippen LogP contribution < -0.4 is 5.32 Å². The first-order valence-electron chi connectivity index (χ1n) is 8.08. The van der Waals surface area contributed by atoms with Gasteiger partial charge in [-0.15, -0.1) is 5.06 Å². The van der Waals surface area contributed by atoms with Crippen molar-refractivity contribution in [2.45, 2.75) is 6.42 Å². The largest absolute Gasteiger partial charge is 0.353 e. The minimum absolute atomic E-state index is 0. The second-order valence-corrected chi connectivity index (χ2v) is 5.74. The lowest BCUT2D eigenvalue weighted by Gasteiger charge is -2.13. The molecule has 2 aromatic carbocycles. The zero-order valence-corrected chi connectivity index (χ0v) is 14.1. The van der Waals surface area contributed by atoms with Crippen LogP contribution in [0.15, 0.2) is 48.5 Å². The number of fused-ring (bicyclic) bond motifs is 1. The second kappa shape index (κ2) is 7.75. The molecule has 1 aliphatic rings. The zero-order chi connectivity index (χ0) is 19.4. The van der Waals surface area contributed by atoms with Crippen molar-refractivity contribution >= 4 is 23.4 Å². The summed E-state index contributed by atoms with van der Waals surface area (Å²) in [6.45, 7) is -0.00664. The molecule has 0 radical (unpaired) electrons. The van der Waals surface area contributed by atoms with E-state index >= 15 is 0 Å². The number of nitro groups is 1. The fourth-order valence-electron chi connectivity index (χ4n) is 2.64. The molecule has 0 aliphatic carbocycles. The summed E-state index contributed by atoms with van der Waals surface area (Å²) in [6, 6.07) is 12.2. The van der Waals surface area contributed by atoms with E-state index in [1.54, 1.807) is 30.3 Å². The normalized spacial score (nSPS) is 12.8. The number of hydrogen-bond donors (Lipinski definition) is 1. The predicted molar refractivity (Wildman–Crippen MR) is 94.8 cm³/mol. The molecule has 1 heterocycles. The van der Waals surface area contributed by atoms with Crippen molar-refractivity contribution in [2.75, 3.05) is 13.2 Å². The standard InChI is InChI=1S/C18H15N3O6.H2/c22-16(11-12-4-3-5-13(10-12)21(25)26)19-8-9-27-20-17(23)14-6-1-2-7-15(14)18(20)24;/h1-7,10H,8-9,11H2,(H,19,22);1H. The molecule has 27 heavy (non-hydrogen) atoms. The molecule has 0 saturated carbocycles. The molecular weight excluding hydrogens is 354 g/mol. The van der Waals surface area contributed by atoms with Gasteiger partial charge < -0.3 is 5.32 Å². The third-order valence-electron chi connectivity index (χ3n) is 3.89. The Bertz CT molecular complexity index is 898. The van der Waals surface area contributed by atoms with Crippen molar-refractivity contribution < 1.29 is 25.6 Å². The van der Waals surface area contributed by atoms with Gasteiger partial charge in [0.25, 0.3) is 17.5 Å². The van der Waals surface area contributed by atoms with E-state index < -0.39 is 16.7 Å². The molecule has 0 bridgehead atoms. The van der Waals surface area contributed by atoms with E-state index in [0.717, 1.165) is 0 Å². The van der Waals surface area contributed by atoms with Crippen molar-refractivity contribution in [2.24, 2.45) is 0 Å². The van der Waals surface area contributed by atoms with E-state index in [2.05, 4.69) is 5.32 Å². The minimum Gasteiger partial charge on any atom is -0.353 e. The molecule has 3 amide bonds. The quantitative estimate of drug-likeness (QED) is 0.343. The average Bonchev–Trinajstić information content (AvgIpc) is 2.90. The molecule has 1 N–H and O–H groups in total. The molecule has 0 atom stereocenters. The highest BCUT2D eigenvalue weighted by molar-refractivity contribution is 6.20. The third kappa shape index (κ3) is 3.98. The number of carbonyl (C=O) groups is 3. The van der Waals surface area contributed by atoms with Gasteiger partial charge in [-0.1, -0.05) is 24.3 Å². The van der Waals surface area contributed by atoms with E-state index in [9.17, 15) is 24.5 Å². The summed E-state index contributed by atoms with van der Waals surface area (Å²) >= 11 is 0. The van der Waals surface area contributed by atoms with Crippen LogP contribution in [0.1, 0.15) is 27.7 Å². The summed E-state index contributed by atoms with van der Waals surface area (Å²) in [5.74, 6) is -1.45. The maximum Gasteiger partial charge on any atom is 0.285 e. The maximum atomic E-state index is 12.1. The molecule has 2 aromatic rings. The smallest absolute Gasteiger partial charge is 0.285 e. The number of nitrogens with zero attached hydrogens (tertiary/aromatic N) is 2. The molecule has 9 nitrogen and oxygen atoms in total. The SMILES string of the molecule is O=C(Cc1cccc([N+](=O)[O-])c1)NCCON1C(=O)c2ccccc2C1=O.[HH]. The number of amides is 3. The van der Waals surface area contributed by atoms with E-state index in [0.29, 0.717) is 10.6 Å². The average molecular weight is 371 g/mol. The Morgan fingerprint density at radius 2 is 1.78 bits per heavy atom. The van der Waals surface area contributed by atoms with Crippen molar-refractivity contribution in [3.8, 4) is 0 Å². The fourth-order valence-corrected chi connectivity index (χ4v) is 2.64. The van der Waals surface area contributed by atoms with Crippen LogP contribution in [0.5, 0.6) is 0 Å². The monoisotopic (exact) mass is 371 g/mol. The van der Waals surface area contributed by atoms with Gasteiger partial charge in [-0.25, -0.2) is 0 Å². The van der Waals surface area contributed by atoms with Crippen LogP contribution in [0.2, 0.25) is 0 Å². The first-order chi connectivity index (χ1) is 13.0. The number of carbonyl (C=O) groups excluding carboxylic acids is 3. The van der Waals surface area contributed by atoms with Gasteiger partial charge in [0.2, 0.25) is 5.91 Å². The Morgan fingerprint density at radius 3 is 2.41 bits per heavy atom. The number of non-ortho nitro benzene ring substituents is 1. The molecule has 0 spiro atoms. The zero-order valence-electron chi connectivity index (χ0n) is 14.1. The molecule has 0 fully saturated rings. The molecule has 0 unspecified atom stereocenters. The number of benzene rings is 2. The van der Waals surface area contributed by atoms with E-state index in [-0.39, 0.29) is 43.7 Å². The van der Waals surface area contributed by atoms with Crippen LogP contribution in [0.4, 0.5) is 5.69 Å². The maximum absolute atomic E-state index is 12.1. The van der Waals surface area contributed by atoms with Gasteiger partial charge in [0, 0.05) is 20.1 Å². The number of hydrogen-bond acceptors (Lipinski definition) is 6. The van der Waals surface area contributed by atoms with Crippen molar-refractivity contribution in [3.05, 3.63) is 75.3 Å². The van der Waals surface area contributed by atoms with Gasteiger partial charge in [0.05, 0.1) is 29.1 Å². The predicted octanol–water partition coefficient (Wildman–Crippen LogP) is 1.73. The highest BCUT2D eigenvalue weighted by Crippen LogP contribution is 2.22. The fraction of sp³-hybridized carbons (Fsp3) is 0.167. The highest BCUT2D eigenvalue weighted by atomic mass is 16.7. The van der Waals surface area contributed by atoms with Crippen molar-refractivity contribution in [1.82, 2.24) is 10.4 Å². The first-order valence-corrected chi connectivity index (χ1v) is 8.08. The number of nitrogens with one attached hydrogen (secondary N) is 1. The second-order valence-electron chi connectivity index (χ2n) is 5.74. The summed E-state index contributed by atoms with van der Waals surface area (Å²) in [5, 5.41) is 14.0. The lowest BCUT2D eigenvalue weighted by Crippen LogP contribution is -2.35. The Hall–Kier alpha value is -3.59. The Kier molecular flexibility index (Phi) is 5.23. The molecular formula is C18H17N3O6. The Balaban J connectivity index is 0.00000280. The topological polar surface area (TPSA) is 119 Å². The lowest BCUT2D eigenvalue weighted by molar-refractivity contribution is -0.384. The summed E-state index contributed by atoms with van der Waals surface area (Å²) in [5.41, 5.74) is 0.964. The van der Waals surface area contributed by atoms with Gasteiger partial charge in [-0.05, 0) is 17.7 Å². The van der Waals surface area contributed by atoms with Crippen molar-refractivity contribution in [3.63, 3.8) is 0 Å². The molecule has 0 aromatic heterocycles. The van der Waals surface area contributed by atoms with Crippen LogP contribution in [0.25, 0.3) is 0 Å². The van der Waals surface area contributed by atoms with Crippen LogP contribution in [0.3, 0.4) is 0 Å². The highest BCUT2D eigenvalue weighted by Gasteiger charge is 2.36. The summed E-state index contributed by atoms with van der Waals surface area (Å²) in [7, 11) is 0. The first kappa shape index (κ1) is 18.2. The lowest BCUT2D eigenvalue weighted by atomic mass is 10.1. The number of rotatable bonds is 7. The van der Waals surface area contributed by atoms with Crippen molar-refractivity contribution in [1.29, 1.82) is 0 Å². The third-order valence-corrected chi connectivity index (χ3v) is 3.89. The Labute approximate surface area is 155 Å². The number of hydroxylamine groups is 2. The van der Waals surface area contributed by atoms with Crippen LogP contribution in [-0.2, 0) is 16.1 Å². The van der Waals surface area contributed by atoms with Gasteiger partial charge in [-0.2, -0.15) is 0 Å². The number of imide groups is 1. The summed E-state index contributed by atoms with van der Waals surface area (Å²) < 4.78 is 0. The van der Waals surface area contributed by atoms with E-state index in [4.69, 9.17) is 4.84 Å². The minimum atomic E-state index is -0.543. The van der Waals surface area contributed by atoms with Gasteiger partial charge >= 0.3 is 0 Å². The van der Waals surface area contributed by atoms with Crippen LogP contribution >= 0.6 is 0 Å². The summed E-state index contributed by atoms with van der Waals surface area (Å²) in [6.07, 6.45) is -0.0330. The molecule has 140 valence electrons.